The van der Waals surface area contributed by atoms with Crippen molar-refractivity contribution >= 4 is 40.1 Å². The molecule has 3 N–H and O–H groups in total. The molecule has 2 aliphatic rings. The second-order valence-electron chi connectivity index (χ2n) is 8.77. The molecule has 5 rings (SSSR count). The van der Waals surface area contributed by atoms with Crippen LogP contribution in [0.5, 0.6) is 0 Å². The highest BCUT2D eigenvalue weighted by molar-refractivity contribution is 6.31. The molecule has 3 heterocycles. The van der Waals surface area contributed by atoms with Gasteiger partial charge in [-0.25, -0.2) is 24.3 Å². The van der Waals surface area contributed by atoms with Crippen LogP contribution in [0.15, 0.2) is 30.7 Å². The molecule has 2 aromatic heterocycles. The maximum atomic E-state index is 13.5. The monoisotopic (exact) mass is 471 g/mol. The van der Waals surface area contributed by atoms with E-state index in [2.05, 4.69) is 35.5 Å². The zero-order valence-electron chi connectivity index (χ0n) is 18.2. The molecule has 1 saturated heterocycles. The van der Waals surface area contributed by atoms with Crippen molar-refractivity contribution in [1.29, 1.82) is 0 Å². The fourth-order valence-electron chi connectivity index (χ4n) is 4.99. The predicted octanol–water partition coefficient (Wildman–Crippen LogP) is 4.14. The zero-order chi connectivity index (χ0) is 22.8. The molecule has 3 aromatic rings. The van der Waals surface area contributed by atoms with Gasteiger partial charge in [0.2, 0.25) is 5.95 Å². The second kappa shape index (κ2) is 9.70. The van der Waals surface area contributed by atoms with Crippen molar-refractivity contribution in [3.05, 3.63) is 41.6 Å². The van der Waals surface area contributed by atoms with Crippen molar-refractivity contribution < 1.29 is 9.50 Å². The van der Waals surface area contributed by atoms with Crippen LogP contribution in [-0.2, 0) is 0 Å². The van der Waals surface area contributed by atoms with Crippen molar-refractivity contribution in [2.45, 2.75) is 56.7 Å². The van der Waals surface area contributed by atoms with Gasteiger partial charge in [-0.2, -0.15) is 0 Å². The average Bonchev–Trinajstić information content (AvgIpc) is 3.31. The number of likely N-dealkylation sites (tertiary alicyclic amines) is 1. The number of fused-ring (bicyclic) bond motifs is 1. The van der Waals surface area contributed by atoms with E-state index in [-0.39, 0.29) is 11.6 Å². The number of rotatable bonds is 6. The molecule has 1 aromatic carbocycles. The Morgan fingerprint density at radius 2 is 1.97 bits per heavy atom. The molecule has 33 heavy (non-hydrogen) atoms. The number of aliphatic hydroxyl groups is 1. The van der Waals surface area contributed by atoms with E-state index in [1.54, 1.807) is 12.3 Å². The third-order valence-electron chi connectivity index (χ3n) is 6.69. The summed E-state index contributed by atoms with van der Waals surface area (Å²) in [6.45, 7) is 1.35. The maximum Gasteiger partial charge on any atom is 0.223 e. The zero-order valence-corrected chi connectivity index (χ0v) is 19.0. The minimum atomic E-state index is -0.477. The van der Waals surface area contributed by atoms with Gasteiger partial charge >= 0.3 is 0 Å². The highest BCUT2D eigenvalue weighted by Crippen LogP contribution is 2.31. The van der Waals surface area contributed by atoms with E-state index in [9.17, 15) is 9.50 Å². The Kier molecular flexibility index (Phi) is 6.52. The van der Waals surface area contributed by atoms with Gasteiger partial charge in [0.25, 0.3) is 0 Å². The highest BCUT2D eigenvalue weighted by atomic mass is 35.5. The van der Waals surface area contributed by atoms with E-state index in [0.717, 1.165) is 38.6 Å². The molecule has 10 heteroatoms. The largest absolute Gasteiger partial charge is 0.395 e. The number of hydrogen-bond donors (Lipinski definition) is 3. The number of aromatic nitrogens is 4. The predicted molar refractivity (Wildman–Crippen MR) is 126 cm³/mol. The van der Waals surface area contributed by atoms with Gasteiger partial charge in [-0.15, -0.1) is 0 Å². The van der Waals surface area contributed by atoms with E-state index < -0.39 is 5.82 Å². The lowest BCUT2D eigenvalue weighted by Gasteiger charge is -2.37. The van der Waals surface area contributed by atoms with Crippen molar-refractivity contribution in [2.24, 2.45) is 0 Å². The number of nitrogens with one attached hydrogen (secondary N) is 2. The minimum Gasteiger partial charge on any atom is -0.395 e. The van der Waals surface area contributed by atoms with E-state index >= 15 is 0 Å². The summed E-state index contributed by atoms with van der Waals surface area (Å²) in [6.07, 6.45) is 9.66. The molecule has 0 radical (unpaired) electrons. The summed E-state index contributed by atoms with van der Waals surface area (Å²) in [5, 5.41) is 16.3. The second-order valence-corrected chi connectivity index (χ2v) is 9.18. The van der Waals surface area contributed by atoms with Gasteiger partial charge in [0.15, 0.2) is 5.82 Å². The summed E-state index contributed by atoms with van der Waals surface area (Å²) in [6, 6.07) is 5.57. The van der Waals surface area contributed by atoms with Crippen LogP contribution in [0.3, 0.4) is 0 Å². The van der Waals surface area contributed by atoms with E-state index in [1.165, 1.54) is 24.9 Å². The summed E-state index contributed by atoms with van der Waals surface area (Å²) in [5.41, 5.74) is 1.79. The fourth-order valence-corrected chi connectivity index (χ4v) is 5.18. The summed E-state index contributed by atoms with van der Waals surface area (Å²) in [4.78, 5) is 20.2. The average molecular weight is 472 g/mol. The van der Waals surface area contributed by atoms with Crippen LogP contribution in [0.4, 0.5) is 21.8 Å². The molecular weight excluding hydrogens is 445 g/mol. The van der Waals surface area contributed by atoms with Gasteiger partial charge < -0.3 is 15.7 Å². The van der Waals surface area contributed by atoms with E-state index in [1.807, 2.05) is 0 Å². The fraction of sp³-hybridized carbons (Fsp3) is 0.478. The van der Waals surface area contributed by atoms with Crippen LogP contribution in [0.1, 0.15) is 38.5 Å². The Hall–Kier alpha value is -2.62. The first kappa shape index (κ1) is 22.2. The Morgan fingerprint density at radius 1 is 1.12 bits per heavy atom. The van der Waals surface area contributed by atoms with Crippen molar-refractivity contribution in [1.82, 2.24) is 24.8 Å². The third kappa shape index (κ3) is 4.85. The quantitative estimate of drug-likeness (QED) is 0.493. The van der Waals surface area contributed by atoms with E-state index in [4.69, 9.17) is 11.6 Å². The first-order chi connectivity index (χ1) is 16.1. The summed E-state index contributed by atoms with van der Waals surface area (Å²) in [5.74, 6) is 0.561. The van der Waals surface area contributed by atoms with Gasteiger partial charge in [0.1, 0.15) is 23.2 Å². The summed E-state index contributed by atoms with van der Waals surface area (Å²) >= 11 is 5.90. The van der Waals surface area contributed by atoms with Gasteiger partial charge in [0, 0.05) is 23.8 Å². The first-order valence-electron chi connectivity index (χ1n) is 11.4. The van der Waals surface area contributed by atoms with Gasteiger partial charge in [-0.1, -0.05) is 11.6 Å². The highest BCUT2D eigenvalue weighted by Gasteiger charge is 2.33. The molecule has 1 unspecified atom stereocenters. The lowest BCUT2D eigenvalue weighted by atomic mass is 9.90. The third-order valence-corrected chi connectivity index (χ3v) is 6.98. The molecule has 0 amide bonds. The normalized spacial score (nSPS) is 23.7. The van der Waals surface area contributed by atoms with Crippen molar-refractivity contribution in [3.8, 4) is 0 Å². The Bertz CT molecular complexity index is 1130. The van der Waals surface area contributed by atoms with Crippen LogP contribution >= 0.6 is 11.6 Å². The minimum absolute atomic E-state index is 0.0326. The number of nitrogens with zero attached hydrogens (tertiary/aromatic N) is 5. The Balaban J connectivity index is 1.27. The van der Waals surface area contributed by atoms with E-state index in [0.29, 0.717) is 46.6 Å². The van der Waals surface area contributed by atoms with Crippen LogP contribution in [0.2, 0.25) is 5.02 Å². The summed E-state index contributed by atoms with van der Waals surface area (Å²) in [7, 11) is 0. The standard InChI is InChI=1S/C23H27ClFN7O/c24-18-10-15(5-8-19(18)25)29-22-21-20(27-13-28-22)11-26-23(31-21)30-14-3-6-16(7-4-14)32-9-1-2-17(32)12-33/h5,8,10-11,13-14,16-17,33H,1-4,6-7,9,12H2,(H,26,30,31)(H,27,28,29). The molecule has 1 saturated carbocycles. The molecule has 1 aliphatic heterocycles. The van der Waals surface area contributed by atoms with Crippen LogP contribution in [-0.4, -0.2) is 61.2 Å². The molecular formula is C23H27ClFN7O. The summed E-state index contributed by atoms with van der Waals surface area (Å²) < 4.78 is 13.5. The van der Waals surface area contributed by atoms with Crippen molar-refractivity contribution in [3.63, 3.8) is 0 Å². The molecule has 0 spiro atoms. The maximum absolute atomic E-state index is 13.5. The van der Waals surface area contributed by atoms with Gasteiger partial charge in [-0.3, -0.25) is 4.90 Å². The molecule has 174 valence electrons. The van der Waals surface area contributed by atoms with Crippen LogP contribution in [0.25, 0.3) is 11.0 Å². The van der Waals surface area contributed by atoms with Gasteiger partial charge in [-0.05, 0) is 63.3 Å². The number of aliphatic hydroxyl groups excluding tert-OH is 1. The van der Waals surface area contributed by atoms with Crippen molar-refractivity contribution in [2.75, 3.05) is 23.8 Å². The number of anilines is 3. The SMILES string of the molecule is OCC1CCCN1C1CCC(Nc2ncc3ncnc(Nc4ccc(F)c(Cl)c4)c3n2)CC1. The Morgan fingerprint density at radius 3 is 2.76 bits per heavy atom. The number of halogens is 2. The lowest BCUT2D eigenvalue weighted by Crippen LogP contribution is -2.44. The Labute approximate surface area is 196 Å². The first-order valence-corrected chi connectivity index (χ1v) is 11.8. The topological polar surface area (TPSA) is 99.1 Å². The van der Waals surface area contributed by atoms with Crippen LogP contribution in [0, 0.1) is 5.82 Å². The van der Waals surface area contributed by atoms with Gasteiger partial charge in [0.05, 0.1) is 17.8 Å². The molecule has 8 nitrogen and oxygen atoms in total. The lowest BCUT2D eigenvalue weighted by molar-refractivity contribution is 0.0960. The molecule has 2 fully saturated rings. The smallest absolute Gasteiger partial charge is 0.223 e. The number of benzene rings is 1. The molecule has 1 aliphatic carbocycles. The van der Waals surface area contributed by atoms with Crippen LogP contribution < -0.4 is 10.6 Å². The number of hydrogen-bond acceptors (Lipinski definition) is 8. The molecule has 1 atom stereocenters. The molecule has 0 bridgehead atoms.